The highest BCUT2D eigenvalue weighted by Gasteiger charge is 2.15. The lowest BCUT2D eigenvalue weighted by atomic mass is 10.0. The first kappa shape index (κ1) is 21.4. The van der Waals surface area contributed by atoms with Crippen molar-refractivity contribution >= 4 is 28.2 Å². The van der Waals surface area contributed by atoms with Crippen LogP contribution in [0.3, 0.4) is 0 Å². The molecule has 6 heteroatoms. The number of hydrogen-bond donors (Lipinski definition) is 3. The summed E-state index contributed by atoms with van der Waals surface area (Å²) in [7, 11) is 4.25. The Morgan fingerprint density at radius 3 is 2.70 bits per heavy atom. The first-order valence-corrected chi connectivity index (χ1v) is 10.2. The second-order valence-electron chi connectivity index (χ2n) is 7.56. The van der Waals surface area contributed by atoms with Crippen molar-refractivity contribution in [2.24, 2.45) is 0 Å². The SMILES string of the molecule is CCCCNC(=S)N(CC[NH+](C)C)Cc1cc2ccc(C)c(C)c2[nH]c1=O. The van der Waals surface area contributed by atoms with Crippen LogP contribution in [-0.4, -0.2) is 48.7 Å². The van der Waals surface area contributed by atoms with Gasteiger partial charge in [-0.05, 0) is 55.1 Å². The van der Waals surface area contributed by atoms with E-state index in [9.17, 15) is 4.79 Å². The van der Waals surface area contributed by atoms with Gasteiger partial charge in [-0.25, -0.2) is 0 Å². The van der Waals surface area contributed by atoms with E-state index in [-0.39, 0.29) is 5.56 Å². The number of thiocarbonyl (C=S) groups is 1. The van der Waals surface area contributed by atoms with Gasteiger partial charge in [-0.2, -0.15) is 0 Å². The third kappa shape index (κ3) is 5.78. The number of pyridine rings is 1. The van der Waals surface area contributed by atoms with Crippen molar-refractivity contribution in [2.45, 2.75) is 40.2 Å². The van der Waals surface area contributed by atoms with Crippen LogP contribution < -0.4 is 15.8 Å². The minimum Gasteiger partial charge on any atom is -0.363 e. The largest absolute Gasteiger partial charge is 0.363 e. The summed E-state index contributed by atoms with van der Waals surface area (Å²) >= 11 is 5.61. The third-order valence-corrected chi connectivity index (χ3v) is 5.37. The molecule has 1 aromatic carbocycles. The van der Waals surface area contributed by atoms with Crippen LogP contribution in [0.5, 0.6) is 0 Å². The van der Waals surface area contributed by atoms with Crippen LogP contribution in [0.15, 0.2) is 23.0 Å². The fraction of sp³-hybridized carbons (Fsp3) is 0.524. The van der Waals surface area contributed by atoms with Crippen LogP contribution in [0.4, 0.5) is 0 Å². The Labute approximate surface area is 167 Å². The first-order valence-electron chi connectivity index (χ1n) is 9.77. The van der Waals surface area contributed by atoms with Gasteiger partial charge in [-0.15, -0.1) is 0 Å². The van der Waals surface area contributed by atoms with E-state index in [0.29, 0.717) is 6.54 Å². The second-order valence-corrected chi connectivity index (χ2v) is 7.95. The van der Waals surface area contributed by atoms with Gasteiger partial charge >= 0.3 is 0 Å². The third-order valence-electron chi connectivity index (χ3n) is 4.96. The molecule has 148 valence electrons. The second kappa shape index (κ2) is 9.85. The monoisotopic (exact) mass is 389 g/mol. The number of nitrogens with zero attached hydrogens (tertiary/aromatic N) is 1. The number of nitrogens with one attached hydrogen (secondary N) is 3. The summed E-state index contributed by atoms with van der Waals surface area (Å²) in [5.74, 6) is 0. The highest BCUT2D eigenvalue weighted by atomic mass is 32.1. The van der Waals surface area contributed by atoms with E-state index in [1.165, 1.54) is 10.5 Å². The number of hydrogen-bond acceptors (Lipinski definition) is 2. The Balaban J connectivity index is 2.27. The molecule has 5 nitrogen and oxygen atoms in total. The quantitative estimate of drug-likeness (QED) is 0.476. The molecule has 0 unspecified atom stereocenters. The first-order chi connectivity index (χ1) is 12.8. The van der Waals surface area contributed by atoms with Crippen LogP contribution in [0.25, 0.3) is 10.9 Å². The molecule has 2 rings (SSSR count). The van der Waals surface area contributed by atoms with E-state index in [1.54, 1.807) is 0 Å². The summed E-state index contributed by atoms with van der Waals surface area (Å²) in [5.41, 5.74) is 3.95. The maximum absolute atomic E-state index is 12.7. The van der Waals surface area contributed by atoms with Gasteiger partial charge in [0.15, 0.2) is 5.11 Å². The number of likely N-dealkylation sites (N-methyl/N-ethyl adjacent to an activating group) is 1. The van der Waals surface area contributed by atoms with Crippen molar-refractivity contribution in [2.75, 3.05) is 33.7 Å². The molecule has 0 amide bonds. The summed E-state index contributed by atoms with van der Waals surface area (Å²) in [5, 5.41) is 5.13. The molecule has 0 radical (unpaired) electrons. The Morgan fingerprint density at radius 2 is 2.04 bits per heavy atom. The molecule has 1 aromatic heterocycles. The predicted octanol–water partition coefficient (Wildman–Crippen LogP) is 1.77. The number of aromatic amines is 1. The molecule has 2 aromatic rings. The fourth-order valence-corrected chi connectivity index (χ4v) is 3.25. The van der Waals surface area contributed by atoms with Crippen LogP contribution >= 0.6 is 12.2 Å². The lowest BCUT2D eigenvalue weighted by molar-refractivity contribution is -0.857. The van der Waals surface area contributed by atoms with Gasteiger partial charge in [0.1, 0.15) is 0 Å². The Kier molecular flexibility index (Phi) is 7.80. The topological polar surface area (TPSA) is 52.6 Å². The Bertz CT molecular complexity index is 844. The smallest absolute Gasteiger partial charge is 0.253 e. The standard InChI is InChI=1S/C21H32N4OS/c1-6-7-10-22-21(27)25(12-11-24(4)5)14-18-13-17-9-8-15(2)16(3)19(17)23-20(18)26/h8-9,13H,6-7,10-12,14H2,1-5H3,(H,22,27)(H,23,26)/p+1. The Hall–Kier alpha value is -1.92. The number of quaternary nitrogens is 1. The number of aryl methyl sites for hydroxylation is 2. The molecule has 0 aliphatic heterocycles. The Morgan fingerprint density at radius 1 is 1.30 bits per heavy atom. The average Bonchev–Trinajstić information content (AvgIpc) is 2.62. The summed E-state index contributed by atoms with van der Waals surface area (Å²) in [6, 6.07) is 6.18. The number of unbranched alkanes of at least 4 members (excludes halogenated alkanes) is 1. The van der Waals surface area contributed by atoms with Gasteiger partial charge in [0, 0.05) is 12.1 Å². The molecular weight excluding hydrogens is 356 g/mol. The van der Waals surface area contributed by atoms with Crippen LogP contribution in [0.1, 0.15) is 36.5 Å². The minimum atomic E-state index is -0.0326. The van der Waals surface area contributed by atoms with E-state index >= 15 is 0 Å². The van der Waals surface area contributed by atoms with Gasteiger partial charge in [0.05, 0.1) is 39.2 Å². The molecule has 27 heavy (non-hydrogen) atoms. The zero-order valence-electron chi connectivity index (χ0n) is 17.2. The summed E-state index contributed by atoms with van der Waals surface area (Å²) in [4.78, 5) is 19.2. The van der Waals surface area contributed by atoms with E-state index in [2.05, 4.69) is 55.3 Å². The molecule has 0 spiro atoms. The molecule has 1 heterocycles. The van der Waals surface area contributed by atoms with Crippen molar-refractivity contribution in [3.63, 3.8) is 0 Å². The fourth-order valence-electron chi connectivity index (χ4n) is 2.99. The molecule has 3 N–H and O–H groups in total. The maximum atomic E-state index is 12.7. The van der Waals surface area contributed by atoms with Gasteiger partial charge in [0.2, 0.25) is 0 Å². The predicted molar refractivity (Wildman–Crippen MR) is 118 cm³/mol. The van der Waals surface area contributed by atoms with E-state index in [1.807, 2.05) is 13.0 Å². The highest BCUT2D eigenvalue weighted by molar-refractivity contribution is 7.80. The average molecular weight is 390 g/mol. The minimum absolute atomic E-state index is 0.0326. The number of rotatable bonds is 8. The van der Waals surface area contributed by atoms with Gasteiger partial charge in [-0.3, -0.25) is 4.79 Å². The van der Waals surface area contributed by atoms with Gasteiger partial charge < -0.3 is 20.1 Å². The molecule has 0 fully saturated rings. The summed E-state index contributed by atoms with van der Waals surface area (Å²) < 4.78 is 0. The van der Waals surface area contributed by atoms with Crippen molar-refractivity contribution in [1.82, 2.24) is 15.2 Å². The highest BCUT2D eigenvalue weighted by Crippen LogP contribution is 2.19. The summed E-state index contributed by atoms with van der Waals surface area (Å²) in [6.07, 6.45) is 2.21. The van der Waals surface area contributed by atoms with Crippen molar-refractivity contribution in [3.8, 4) is 0 Å². The van der Waals surface area contributed by atoms with E-state index in [4.69, 9.17) is 12.2 Å². The van der Waals surface area contributed by atoms with Crippen LogP contribution in [0, 0.1) is 13.8 Å². The zero-order chi connectivity index (χ0) is 20.0. The lowest BCUT2D eigenvalue weighted by Gasteiger charge is -2.26. The molecular formula is C21H33N4OS+. The van der Waals surface area contributed by atoms with Crippen LogP contribution in [0.2, 0.25) is 0 Å². The van der Waals surface area contributed by atoms with Crippen LogP contribution in [-0.2, 0) is 6.54 Å². The van der Waals surface area contributed by atoms with Gasteiger partial charge in [0.25, 0.3) is 5.56 Å². The lowest BCUT2D eigenvalue weighted by Crippen LogP contribution is -3.06. The molecule has 0 bridgehead atoms. The van der Waals surface area contributed by atoms with Crippen molar-refractivity contribution in [1.29, 1.82) is 0 Å². The van der Waals surface area contributed by atoms with E-state index in [0.717, 1.165) is 59.6 Å². The number of benzene rings is 1. The maximum Gasteiger partial charge on any atom is 0.253 e. The molecule has 0 aliphatic carbocycles. The zero-order valence-corrected chi connectivity index (χ0v) is 18.1. The molecule has 0 saturated heterocycles. The molecule has 0 aliphatic rings. The number of aromatic nitrogens is 1. The van der Waals surface area contributed by atoms with Crippen molar-refractivity contribution < 1.29 is 4.90 Å². The van der Waals surface area contributed by atoms with Gasteiger partial charge in [-0.1, -0.05) is 25.5 Å². The molecule has 0 saturated carbocycles. The number of fused-ring (bicyclic) bond motifs is 1. The summed E-state index contributed by atoms with van der Waals surface area (Å²) in [6.45, 7) is 9.43. The van der Waals surface area contributed by atoms with E-state index < -0.39 is 0 Å². The normalized spacial score (nSPS) is 11.2. The van der Waals surface area contributed by atoms with Crippen molar-refractivity contribution in [3.05, 3.63) is 45.2 Å². The molecule has 0 atom stereocenters. The number of H-pyrrole nitrogens is 1.